The normalized spacial score (nSPS) is 10.4. The summed E-state index contributed by atoms with van der Waals surface area (Å²) in [4.78, 5) is 10.2. The number of benzene rings is 2. The van der Waals surface area contributed by atoms with Crippen molar-refractivity contribution >= 4 is 21.6 Å². The smallest absolute Gasteiger partial charge is 0.314 e. The summed E-state index contributed by atoms with van der Waals surface area (Å²) in [5, 5.41) is 13.9. The molecule has 5 nitrogen and oxygen atoms in total. The van der Waals surface area contributed by atoms with E-state index in [1.54, 1.807) is 6.07 Å². The minimum atomic E-state index is -0.683. The molecule has 0 saturated heterocycles. The maximum atomic E-state index is 13.1. The number of hydrogen-bond acceptors (Lipinski definition) is 4. The number of rotatable bonds is 5. The molecule has 0 amide bonds. The van der Waals surface area contributed by atoms with Gasteiger partial charge in [0, 0.05) is 6.54 Å². The Labute approximate surface area is 129 Å². The van der Waals surface area contributed by atoms with Crippen molar-refractivity contribution in [2.45, 2.75) is 6.54 Å². The van der Waals surface area contributed by atoms with Crippen LogP contribution in [-0.4, -0.2) is 12.0 Å². The number of hydrogen-bond donors (Lipinski definition) is 1. The molecule has 0 fully saturated rings. The fourth-order valence-corrected chi connectivity index (χ4v) is 2.29. The molecule has 7 heteroatoms. The van der Waals surface area contributed by atoms with Crippen LogP contribution in [0.15, 0.2) is 40.9 Å². The van der Waals surface area contributed by atoms with E-state index < -0.39 is 16.4 Å². The molecule has 0 atom stereocenters. The van der Waals surface area contributed by atoms with Gasteiger partial charge in [0.05, 0.1) is 15.5 Å². The number of nitrogens with zero attached hydrogens (tertiary/aromatic N) is 1. The molecule has 0 radical (unpaired) electrons. The van der Waals surface area contributed by atoms with Crippen LogP contribution < -0.4 is 10.1 Å². The molecule has 0 aliphatic rings. The Morgan fingerprint density at radius 3 is 2.62 bits per heavy atom. The van der Waals surface area contributed by atoms with Crippen LogP contribution in [0.3, 0.4) is 0 Å². The van der Waals surface area contributed by atoms with E-state index in [0.717, 1.165) is 17.7 Å². The Hall–Kier alpha value is -1.99. The van der Waals surface area contributed by atoms with E-state index in [1.165, 1.54) is 6.07 Å². The van der Waals surface area contributed by atoms with E-state index in [4.69, 9.17) is 4.74 Å². The number of ether oxygens (including phenoxy) is 1. The van der Waals surface area contributed by atoms with Gasteiger partial charge in [-0.1, -0.05) is 6.07 Å². The summed E-state index contributed by atoms with van der Waals surface area (Å²) >= 11 is 3.35. The molecule has 2 aromatic rings. The summed E-state index contributed by atoms with van der Waals surface area (Å²) in [5.41, 5.74) is 0.617. The lowest BCUT2D eigenvalue weighted by molar-refractivity contribution is -0.385. The molecule has 2 aromatic carbocycles. The molecule has 1 N–H and O–H groups in total. The number of nitro benzene ring substituents is 1. The molecular formula is C14H12BrFN2O3. The molecule has 0 aliphatic heterocycles. The minimum absolute atomic E-state index is 0.0107. The lowest BCUT2D eigenvalue weighted by Crippen LogP contribution is -2.04. The van der Waals surface area contributed by atoms with Gasteiger partial charge in [-0.2, -0.15) is 0 Å². The molecule has 0 heterocycles. The van der Waals surface area contributed by atoms with Crippen molar-refractivity contribution in [1.29, 1.82) is 0 Å². The predicted molar refractivity (Wildman–Crippen MR) is 80.0 cm³/mol. The Morgan fingerprint density at radius 1 is 1.29 bits per heavy atom. The van der Waals surface area contributed by atoms with Crippen molar-refractivity contribution in [3.8, 4) is 11.5 Å². The fraction of sp³-hybridized carbons (Fsp3) is 0.143. The third kappa shape index (κ3) is 3.77. The van der Waals surface area contributed by atoms with Crippen LogP contribution in [0.5, 0.6) is 11.5 Å². The SMILES string of the molecule is CNCc1ccc(Oc2ccc(F)cc2[N+](=O)[O-])c(Br)c1. The van der Waals surface area contributed by atoms with Gasteiger partial charge < -0.3 is 10.1 Å². The molecule has 110 valence electrons. The molecule has 0 aliphatic carbocycles. The van der Waals surface area contributed by atoms with Crippen LogP contribution >= 0.6 is 15.9 Å². The predicted octanol–water partition coefficient (Wildman–Crippen LogP) is 4.01. The summed E-state index contributed by atoms with van der Waals surface area (Å²) < 4.78 is 19.3. The Morgan fingerprint density at radius 2 is 2.00 bits per heavy atom. The zero-order valence-corrected chi connectivity index (χ0v) is 12.7. The van der Waals surface area contributed by atoms with Crippen LogP contribution in [0.4, 0.5) is 10.1 Å². The third-order valence-electron chi connectivity index (χ3n) is 2.71. The average molecular weight is 355 g/mol. The lowest BCUT2D eigenvalue weighted by Gasteiger charge is -2.09. The largest absolute Gasteiger partial charge is 0.449 e. The molecule has 0 saturated carbocycles. The number of nitrogens with one attached hydrogen (secondary N) is 1. The molecule has 0 aromatic heterocycles. The highest BCUT2D eigenvalue weighted by atomic mass is 79.9. The van der Waals surface area contributed by atoms with E-state index in [1.807, 2.05) is 19.2 Å². The quantitative estimate of drug-likeness (QED) is 0.650. The summed E-state index contributed by atoms with van der Waals surface area (Å²) in [6.07, 6.45) is 0. The Balaban J connectivity index is 2.32. The fourth-order valence-electron chi connectivity index (χ4n) is 1.78. The first-order valence-corrected chi connectivity index (χ1v) is 6.85. The van der Waals surface area contributed by atoms with E-state index in [0.29, 0.717) is 16.8 Å². The summed E-state index contributed by atoms with van der Waals surface area (Å²) in [6, 6.07) is 8.57. The average Bonchev–Trinajstić information content (AvgIpc) is 2.43. The Bertz CT molecular complexity index is 679. The second-order valence-electron chi connectivity index (χ2n) is 4.27. The number of nitro groups is 1. The van der Waals surface area contributed by atoms with Gasteiger partial charge in [-0.25, -0.2) is 4.39 Å². The topological polar surface area (TPSA) is 64.4 Å². The highest BCUT2D eigenvalue weighted by Crippen LogP contribution is 2.35. The van der Waals surface area contributed by atoms with Gasteiger partial charge in [-0.15, -0.1) is 0 Å². The second kappa shape index (κ2) is 6.64. The minimum Gasteiger partial charge on any atom is -0.449 e. The van der Waals surface area contributed by atoms with Gasteiger partial charge >= 0.3 is 5.69 Å². The van der Waals surface area contributed by atoms with Crippen molar-refractivity contribution in [3.63, 3.8) is 0 Å². The van der Waals surface area contributed by atoms with Crippen LogP contribution in [0, 0.1) is 15.9 Å². The van der Waals surface area contributed by atoms with Crippen molar-refractivity contribution in [1.82, 2.24) is 5.32 Å². The van der Waals surface area contributed by atoms with Crippen molar-refractivity contribution in [3.05, 3.63) is 62.4 Å². The van der Waals surface area contributed by atoms with E-state index in [2.05, 4.69) is 21.2 Å². The first-order chi connectivity index (χ1) is 10.0. The molecule has 0 bridgehead atoms. The van der Waals surface area contributed by atoms with Gasteiger partial charge in [0.2, 0.25) is 5.75 Å². The van der Waals surface area contributed by atoms with Gasteiger partial charge in [0.15, 0.2) is 0 Å². The summed E-state index contributed by atoms with van der Waals surface area (Å²) in [6.45, 7) is 0.690. The summed E-state index contributed by atoms with van der Waals surface area (Å²) in [5.74, 6) is -0.273. The van der Waals surface area contributed by atoms with E-state index in [-0.39, 0.29) is 5.75 Å². The van der Waals surface area contributed by atoms with E-state index in [9.17, 15) is 14.5 Å². The van der Waals surface area contributed by atoms with E-state index >= 15 is 0 Å². The Kier molecular flexibility index (Phi) is 4.87. The van der Waals surface area contributed by atoms with Gasteiger partial charge in [0.1, 0.15) is 11.6 Å². The zero-order valence-electron chi connectivity index (χ0n) is 11.1. The first-order valence-electron chi connectivity index (χ1n) is 6.06. The lowest BCUT2D eigenvalue weighted by atomic mass is 10.2. The zero-order chi connectivity index (χ0) is 15.4. The van der Waals surface area contributed by atoms with Crippen LogP contribution in [-0.2, 0) is 6.54 Å². The molecule has 0 spiro atoms. The first kappa shape index (κ1) is 15.4. The molecule has 21 heavy (non-hydrogen) atoms. The van der Waals surface area contributed by atoms with Crippen molar-refractivity contribution in [2.24, 2.45) is 0 Å². The standard InChI is InChI=1S/C14H12BrFN2O3/c1-17-8-9-2-4-13(11(15)6-9)21-14-5-3-10(16)7-12(14)18(19)20/h2-7,17H,8H2,1H3. The number of halogens is 2. The van der Waals surface area contributed by atoms with Gasteiger partial charge in [-0.3, -0.25) is 10.1 Å². The highest BCUT2D eigenvalue weighted by molar-refractivity contribution is 9.10. The van der Waals surface area contributed by atoms with Crippen LogP contribution in [0.25, 0.3) is 0 Å². The highest BCUT2D eigenvalue weighted by Gasteiger charge is 2.18. The maximum Gasteiger partial charge on any atom is 0.314 e. The molecule has 0 unspecified atom stereocenters. The third-order valence-corrected chi connectivity index (χ3v) is 3.33. The summed E-state index contributed by atoms with van der Waals surface area (Å²) in [7, 11) is 1.83. The van der Waals surface area contributed by atoms with Crippen molar-refractivity contribution in [2.75, 3.05) is 7.05 Å². The van der Waals surface area contributed by atoms with Gasteiger partial charge in [0.25, 0.3) is 0 Å². The maximum absolute atomic E-state index is 13.1. The van der Waals surface area contributed by atoms with Crippen LogP contribution in [0.2, 0.25) is 0 Å². The monoisotopic (exact) mass is 354 g/mol. The van der Waals surface area contributed by atoms with Gasteiger partial charge in [-0.05, 0) is 52.8 Å². The second-order valence-corrected chi connectivity index (χ2v) is 5.12. The molecule has 2 rings (SSSR count). The molecular weight excluding hydrogens is 343 g/mol. The van der Waals surface area contributed by atoms with Crippen molar-refractivity contribution < 1.29 is 14.1 Å². The van der Waals surface area contributed by atoms with Crippen LogP contribution in [0.1, 0.15) is 5.56 Å².